The predicted octanol–water partition coefficient (Wildman–Crippen LogP) is 1.13. The van der Waals surface area contributed by atoms with E-state index in [-0.39, 0.29) is 0 Å². The first kappa shape index (κ1) is 10.2. The Morgan fingerprint density at radius 1 is 1.31 bits per heavy atom. The topological polar surface area (TPSA) is 44.5 Å². The summed E-state index contributed by atoms with van der Waals surface area (Å²) in [6.45, 7) is 0. The molecule has 1 aromatic rings. The van der Waals surface area contributed by atoms with Crippen LogP contribution in [0.15, 0.2) is 24.3 Å². The highest BCUT2D eigenvalue weighted by atomic mass is 28.3. The zero-order valence-electron chi connectivity index (χ0n) is 7.91. The van der Waals surface area contributed by atoms with Crippen molar-refractivity contribution in [1.82, 2.24) is 0 Å². The van der Waals surface area contributed by atoms with Crippen LogP contribution in [0.25, 0.3) is 0 Å². The molecule has 0 spiro atoms. The molecule has 71 valence electrons. The van der Waals surface area contributed by atoms with Crippen LogP contribution < -0.4 is 5.73 Å². The molecule has 0 amide bonds. The number of nitrogen functional groups attached to an aromatic ring is 1. The van der Waals surface area contributed by atoms with E-state index >= 15 is 0 Å². The van der Waals surface area contributed by atoms with Crippen LogP contribution in [0.3, 0.4) is 0 Å². The van der Waals surface area contributed by atoms with E-state index in [0.29, 0.717) is 0 Å². The third-order valence-corrected chi connectivity index (χ3v) is 3.36. The molecule has 0 saturated heterocycles. The van der Waals surface area contributed by atoms with Gasteiger partial charge < -0.3 is 14.6 Å². The summed E-state index contributed by atoms with van der Waals surface area (Å²) in [6.07, 6.45) is 0. The van der Waals surface area contributed by atoms with Crippen molar-refractivity contribution in [3.05, 3.63) is 29.8 Å². The molecule has 1 radical (unpaired) electrons. The number of hydrogen-bond acceptors (Lipinski definition) is 3. The van der Waals surface area contributed by atoms with Crippen LogP contribution in [-0.4, -0.2) is 23.5 Å². The Kier molecular flexibility index (Phi) is 3.95. The van der Waals surface area contributed by atoms with Crippen molar-refractivity contribution < 1.29 is 8.85 Å². The van der Waals surface area contributed by atoms with Gasteiger partial charge in [-0.2, -0.15) is 0 Å². The third kappa shape index (κ3) is 3.18. The summed E-state index contributed by atoms with van der Waals surface area (Å²) in [4.78, 5) is 0. The van der Waals surface area contributed by atoms with E-state index in [0.717, 1.165) is 17.3 Å². The minimum absolute atomic E-state index is 0.783. The van der Waals surface area contributed by atoms with Gasteiger partial charge in [0, 0.05) is 26.0 Å². The molecule has 0 aliphatic heterocycles. The Labute approximate surface area is 80.3 Å². The lowest BCUT2D eigenvalue weighted by Gasteiger charge is -2.09. The molecule has 0 heterocycles. The molecule has 13 heavy (non-hydrogen) atoms. The van der Waals surface area contributed by atoms with Gasteiger partial charge in [0.1, 0.15) is 0 Å². The van der Waals surface area contributed by atoms with E-state index in [4.69, 9.17) is 14.6 Å². The van der Waals surface area contributed by atoms with Crippen LogP contribution in [0.2, 0.25) is 0 Å². The van der Waals surface area contributed by atoms with Crippen molar-refractivity contribution in [2.24, 2.45) is 0 Å². The number of anilines is 1. The smallest absolute Gasteiger partial charge is 0.388 e. The second-order valence-corrected chi connectivity index (χ2v) is 4.62. The van der Waals surface area contributed by atoms with E-state index < -0.39 is 9.28 Å². The minimum Gasteiger partial charge on any atom is -0.399 e. The summed E-state index contributed by atoms with van der Waals surface area (Å²) in [5.41, 5.74) is 7.59. The molecule has 0 bridgehead atoms. The number of rotatable bonds is 4. The van der Waals surface area contributed by atoms with Crippen molar-refractivity contribution in [3.63, 3.8) is 0 Å². The van der Waals surface area contributed by atoms with E-state index in [9.17, 15) is 0 Å². The molecule has 1 rings (SSSR count). The maximum Gasteiger partial charge on any atom is 0.388 e. The van der Waals surface area contributed by atoms with Crippen molar-refractivity contribution in [2.45, 2.75) is 6.04 Å². The van der Waals surface area contributed by atoms with Crippen LogP contribution in [-0.2, 0) is 14.9 Å². The maximum absolute atomic E-state index is 5.65. The molecular formula is C9H14NO2Si. The summed E-state index contributed by atoms with van der Waals surface area (Å²) in [5.74, 6) is 0. The molecule has 4 heteroatoms. The average Bonchev–Trinajstić information content (AvgIpc) is 2.14. The van der Waals surface area contributed by atoms with Gasteiger partial charge in [-0.15, -0.1) is 0 Å². The average molecular weight is 196 g/mol. The van der Waals surface area contributed by atoms with Gasteiger partial charge in [0.05, 0.1) is 0 Å². The van der Waals surface area contributed by atoms with Crippen LogP contribution >= 0.6 is 0 Å². The van der Waals surface area contributed by atoms with Gasteiger partial charge in [0.15, 0.2) is 0 Å². The monoisotopic (exact) mass is 196 g/mol. The first-order valence-electron chi connectivity index (χ1n) is 4.04. The van der Waals surface area contributed by atoms with E-state index in [1.165, 1.54) is 0 Å². The zero-order chi connectivity index (χ0) is 9.68. The highest BCUT2D eigenvalue weighted by Crippen LogP contribution is 2.08. The Morgan fingerprint density at radius 2 is 2.00 bits per heavy atom. The summed E-state index contributed by atoms with van der Waals surface area (Å²) in [6, 6.07) is 8.61. The molecule has 0 aromatic heterocycles. The van der Waals surface area contributed by atoms with Crippen molar-refractivity contribution in [2.75, 3.05) is 20.0 Å². The summed E-state index contributed by atoms with van der Waals surface area (Å²) in [5, 5.41) is 0. The fourth-order valence-corrected chi connectivity index (χ4v) is 2.11. The van der Waals surface area contributed by atoms with Crippen molar-refractivity contribution in [1.29, 1.82) is 0 Å². The summed E-state index contributed by atoms with van der Waals surface area (Å²) < 4.78 is 10.4. The Morgan fingerprint density at radius 3 is 2.54 bits per heavy atom. The number of hydrogen-bond donors (Lipinski definition) is 1. The van der Waals surface area contributed by atoms with E-state index in [1.807, 2.05) is 24.3 Å². The lowest BCUT2D eigenvalue weighted by molar-refractivity contribution is 0.277. The fraction of sp³-hybridized carbons (Fsp3) is 0.333. The lowest BCUT2D eigenvalue weighted by atomic mass is 10.2. The SMILES string of the molecule is CO[Si](Cc1cccc(N)c1)OC. The van der Waals surface area contributed by atoms with Gasteiger partial charge in [-0.3, -0.25) is 0 Å². The Balaban J connectivity index is 2.62. The molecule has 3 nitrogen and oxygen atoms in total. The van der Waals surface area contributed by atoms with Crippen LogP contribution in [0.5, 0.6) is 0 Å². The largest absolute Gasteiger partial charge is 0.399 e. The normalized spacial score (nSPS) is 10.7. The minimum atomic E-state index is -1.15. The lowest BCUT2D eigenvalue weighted by Crippen LogP contribution is -2.22. The molecule has 0 fully saturated rings. The van der Waals surface area contributed by atoms with Gasteiger partial charge in [-0.1, -0.05) is 12.1 Å². The second-order valence-electron chi connectivity index (χ2n) is 2.70. The zero-order valence-corrected chi connectivity index (χ0v) is 8.91. The van der Waals surface area contributed by atoms with E-state index in [1.54, 1.807) is 14.2 Å². The fourth-order valence-electron chi connectivity index (χ4n) is 1.10. The molecule has 1 aromatic carbocycles. The summed E-state index contributed by atoms with van der Waals surface area (Å²) >= 11 is 0. The van der Waals surface area contributed by atoms with Crippen molar-refractivity contribution in [3.8, 4) is 0 Å². The molecule has 0 atom stereocenters. The molecular weight excluding hydrogens is 182 g/mol. The van der Waals surface area contributed by atoms with Crippen LogP contribution in [0.4, 0.5) is 5.69 Å². The Hall–Kier alpha value is -0.843. The third-order valence-electron chi connectivity index (χ3n) is 1.75. The quantitative estimate of drug-likeness (QED) is 0.580. The molecule has 0 aliphatic carbocycles. The van der Waals surface area contributed by atoms with E-state index in [2.05, 4.69) is 0 Å². The van der Waals surface area contributed by atoms with Crippen LogP contribution in [0, 0.1) is 0 Å². The Bertz CT molecular complexity index is 264. The second kappa shape index (κ2) is 5.01. The highest BCUT2D eigenvalue weighted by molar-refractivity contribution is 6.43. The standard InChI is InChI=1S/C9H14NO2Si/c1-11-13(12-2)7-8-4-3-5-9(10)6-8/h3-6H,7,10H2,1-2H3. The molecule has 0 saturated carbocycles. The number of benzene rings is 1. The molecule has 0 unspecified atom stereocenters. The van der Waals surface area contributed by atoms with Gasteiger partial charge >= 0.3 is 9.28 Å². The van der Waals surface area contributed by atoms with Gasteiger partial charge in [0.25, 0.3) is 0 Å². The van der Waals surface area contributed by atoms with Gasteiger partial charge in [-0.25, -0.2) is 0 Å². The predicted molar refractivity (Wildman–Crippen MR) is 54.3 cm³/mol. The molecule has 0 aliphatic rings. The molecule has 2 N–H and O–H groups in total. The summed E-state index contributed by atoms with van der Waals surface area (Å²) in [7, 11) is 2.19. The maximum atomic E-state index is 5.65. The van der Waals surface area contributed by atoms with Gasteiger partial charge in [-0.05, 0) is 17.7 Å². The van der Waals surface area contributed by atoms with Crippen LogP contribution in [0.1, 0.15) is 5.56 Å². The number of nitrogens with two attached hydrogens (primary N) is 1. The first-order valence-corrected chi connectivity index (χ1v) is 5.57. The van der Waals surface area contributed by atoms with Gasteiger partial charge in [0.2, 0.25) is 0 Å². The highest BCUT2D eigenvalue weighted by Gasteiger charge is 2.12. The van der Waals surface area contributed by atoms with Crippen molar-refractivity contribution >= 4 is 15.0 Å². The first-order chi connectivity index (χ1) is 6.26.